The zero-order valence-electron chi connectivity index (χ0n) is 12.1. The van der Waals surface area contributed by atoms with E-state index in [2.05, 4.69) is 29.4 Å². The zero-order valence-corrected chi connectivity index (χ0v) is 12.1. The van der Waals surface area contributed by atoms with Crippen molar-refractivity contribution in [3.05, 3.63) is 53.7 Å². The maximum Gasteiger partial charge on any atom is 0.219 e. The molecule has 106 valence electrons. The first-order valence-corrected chi connectivity index (χ1v) is 6.62. The molecule has 2 aromatic rings. The van der Waals surface area contributed by atoms with Gasteiger partial charge in [-0.25, -0.2) is 4.98 Å². The highest BCUT2D eigenvalue weighted by molar-refractivity contribution is 5.30. The van der Waals surface area contributed by atoms with Crippen LogP contribution in [0.3, 0.4) is 0 Å². The van der Waals surface area contributed by atoms with Gasteiger partial charge in [-0.05, 0) is 43.8 Å². The number of benzene rings is 1. The van der Waals surface area contributed by atoms with Crippen molar-refractivity contribution < 1.29 is 9.47 Å². The Morgan fingerprint density at radius 1 is 1.20 bits per heavy atom. The topological polar surface area (TPSA) is 43.4 Å². The molecule has 2 rings (SSSR count). The van der Waals surface area contributed by atoms with E-state index >= 15 is 0 Å². The quantitative estimate of drug-likeness (QED) is 0.878. The fourth-order valence-electron chi connectivity index (χ4n) is 1.90. The Balaban J connectivity index is 2.00. The predicted octanol–water partition coefficient (Wildman–Crippen LogP) is 2.95. The summed E-state index contributed by atoms with van der Waals surface area (Å²) in [5, 5.41) is 3.21. The van der Waals surface area contributed by atoms with Crippen LogP contribution in [0.15, 0.2) is 42.6 Å². The summed E-state index contributed by atoms with van der Waals surface area (Å²) in [5.74, 6) is 1.44. The summed E-state index contributed by atoms with van der Waals surface area (Å²) in [5.41, 5.74) is 2.17. The molecule has 0 aliphatic rings. The molecule has 20 heavy (non-hydrogen) atoms. The Labute approximate surface area is 119 Å². The normalized spacial score (nSPS) is 11.9. The molecule has 0 aliphatic carbocycles. The molecule has 1 aromatic heterocycles. The number of pyridine rings is 1. The minimum Gasteiger partial charge on any atom is -0.489 e. The largest absolute Gasteiger partial charge is 0.489 e. The van der Waals surface area contributed by atoms with Crippen LogP contribution in [0.2, 0.25) is 0 Å². The van der Waals surface area contributed by atoms with E-state index in [1.165, 1.54) is 5.56 Å². The molecule has 0 bridgehead atoms. The van der Waals surface area contributed by atoms with Gasteiger partial charge in [0.05, 0.1) is 12.7 Å². The molecule has 0 amide bonds. The van der Waals surface area contributed by atoms with Crippen LogP contribution in [0.25, 0.3) is 0 Å². The van der Waals surface area contributed by atoms with Gasteiger partial charge in [0, 0.05) is 12.2 Å². The first kappa shape index (κ1) is 14.3. The maximum atomic E-state index is 5.76. The van der Waals surface area contributed by atoms with Gasteiger partial charge in [0.25, 0.3) is 0 Å². The standard InChI is InChI=1S/C16H20N2O2/c1-12(17-2)13-6-8-15(9-7-13)20-11-14-5-4-10-18-16(14)19-3/h4-10,12,17H,11H2,1-3H3. The summed E-state index contributed by atoms with van der Waals surface area (Å²) < 4.78 is 11.0. The number of ether oxygens (including phenoxy) is 2. The molecule has 1 heterocycles. The van der Waals surface area contributed by atoms with Gasteiger partial charge in [-0.2, -0.15) is 0 Å². The van der Waals surface area contributed by atoms with Gasteiger partial charge in [-0.15, -0.1) is 0 Å². The van der Waals surface area contributed by atoms with Crippen molar-refractivity contribution in [1.82, 2.24) is 10.3 Å². The Hall–Kier alpha value is -2.07. The van der Waals surface area contributed by atoms with Crippen LogP contribution in [0.5, 0.6) is 11.6 Å². The molecule has 1 atom stereocenters. The second-order valence-electron chi connectivity index (χ2n) is 4.54. The lowest BCUT2D eigenvalue weighted by molar-refractivity contribution is 0.293. The summed E-state index contributed by atoms with van der Waals surface area (Å²) in [7, 11) is 3.56. The van der Waals surface area contributed by atoms with Crippen LogP contribution < -0.4 is 14.8 Å². The van der Waals surface area contributed by atoms with E-state index < -0.39 is 0 Å². The molecule has 0 fully saturated rings. The molecule has 1 N–H and O–H groups in total. The molecule has 0 spiro atoms. The van der Waals surface area contributed by atoms with Crippen LogP contribution >= 0.6 is 0 Å². The number of hydrogen-bond acceptors (Lipinski definition) is 4. The van der Waals surface area contributed by atoms with Gasteiger partial charge in [0.1, 0.15) is 12.4 Å². The van der Waals surface area contributed by atoms with Crippen molar-refractivity contribution in [3.63, 3.8) is 0 Å². The van der Waals surface area contributed by atoms with Gasteiger partial charge < -0.3 is 14.8 Å². The third kappa shape index (κ3) is 3.48. The van der Waals surface area contributed by atoms with Gasteiger partial charge in [-0.1, -0.05) is 12.1 Å². The molecule has 1 unspecified atom stereocenters. The Morgan fingerprint density at radius 2 is 1.95 bits per heavy atom. The summed E-state index contributed by atoms with van der Waals surface area (Å²) in [4.78, 5) is 4.15. The predicted molar refractivity (Wildman–Crippen MR) is 79.0 cm³/mol. The number of rotatable bonds is 6. The van der Waals surface area contributed by atoms with E-state index in [4.69, 9.17) is 9.47 Å². The van der Waals surface area contributed by atoms with E-state index in [9.17, 15) is 0 Å². The first-order chi connectivity index (χ1) is 9.74. The van der Waals surface area contributed by atoms with Crippen molar-refractivity contribution in [2.45, 2.75) is 19.6 Å². The average molecular weight is 272 g/mol. The van der Waals surface area contributed by atoms with Crippen molar-refractivity contribution in [3.8, 4) is 11.6 Å². The van der Waals surface area contributed by atoms with Crippen molar-refractivity contribution in [1.29, 1.82) is 0 Å². The van der Waals surface area contributed by atoms with Gasteiger partial charge in [0.15, 0.2) is 0 Å². The van der Waals surface area contributed by atoms with Crippen molar-refractivity contribution in [2.24, 2.45) is 0 Å². The second-order valence-corrected chi connectivity index (χ2v) is 4.54. The lowest BCUT2D eigenvalue weighted by atomic mass is 10.1. The highest BCUT2D eigenvalue weighted by Gasteiger charge is 2.05. The van der Waals surface area contributed by atoms with E-state index in [1.54, 1.807) is 13.3 Å². The fourth-order valence-corrected chi connectivity index (χ4v) is 1.90. The van der Waals surface area contributed by atoms with Gasteiger partial charge in [-0.3, -0.25) is 0 Å². The van der Waals surface area contributed by atoms with Gasteiger partial charge >= 0.3 is 0 Å². The second kappa shape index (κ2) is 6.91. The van der Waals surface area contributed by atoms with Crippen LogP contribution in [0, 0.1) is 0 Å². The SMILES string of the molecule is CNC(C)c1ccc(OCc2cccnc2OC)cc1. The fraction of sp³-hybridized carbons (Fsp3) is 0.312. The minimum atomic E-state index is 0.336. The molecule has 0 aliphatic heterocycles. The summed E-state index contributed by atoms with van der Waals surface area (Å²) in [6.07, 6.45) is 1.70. The minimum absolute atomic E-state index is 0.336. The van der Waals surface area contributed by atoms with E-state index in [0.29, 0.717) is 18.5 Å². The molecular formula is C16H20N2O2. The van der Waals surface area contributed by atoms with Crippen molar-refractivity contribution in [2.75, 3.05) is 14.2 Å². The highest BCUT2D eigenvalue weighted by Crippen LogP contribution is 2.20. The van der Waals surface area contributed by atoms with Crippen LogP contribution in [-0.4, -0.2) is 19.1 Å². The number of methoxy groups -OCH3 is 1. The first-order valence-electron chi connectivity index (χ1n) is 6.62. The summed E-state index contributed by atoms with van der Waals surface area (Å²) in [6, 6.07) is 12.2. The van der Waals surface area contributed by atoms with E-state index in [-0.39, 0.29) is 0 Å². The summed E-state index contributed by atoms with van der Waals surface area (Å²) in [6.45, 7) is 2.56. The Morgan fingerprint density at radius 3 is 2.60 bits per heavy atom. The van der Waals surface area contributed by atoms with Crippen molar-refractivity contribution >= 4 is 0 Å². The van der Waals surface area contributed by atoms with Crippen LogP contribution in [-0.2, 0) is 6.61 Å². The zero-order chi connectivity index (χ0) is 14.4. The average Bonchev–Trinajstić information content (AvgIpc) is 2.53. The number of hydrogen-bond donors (Lipinski definition) is 1. The number of aromatic nitrogens is 1. The lowest BCUT2D eigenvalue weighted by Crippen LogP contribution is -2.11. The third-order valence-corrected chi connectivity index (χ3v) is 3.25. The molecule has 0 saturated heterocycles. The van der Waals surface area contributed by atoms with Crippen LogP contribution in [0.1, 0.15) is 24.1 Å². The van der Waals surface area contributed by atoms with E-state index in [0.717, 1.165) is 11.3 Å². The van der Waals surface area contributed by atoms with Crippen LogP contribution in [0.4, 0.5) is 0 Å². The monoisotopic (exact) mass is 272 g/mol. The summed E-state index contributed by atoms with van der Waals surface area (Å²) >= 11 is 0. The van der Waals surface area contributed by atoms with E-state index in [1.807, 2.05) is 31.3 Å². The molecule has 4 heteroatoms. The lowest BCUT2D eigenvalue weighted by Gasteiger charge is -2.12. The maximum absolute atomic E-state index is 5.76. The Kier molecular flexibility index (Phi) is 4.96. The third-order valence-electron chi connectivity index (χ3n) is 3.25. The highest BCUT2D eigenvalue weighted by atomic mass is 16.5. The Bertz CT molecular complexity index is 540. The molecule has 4 nitrogen and oxygen atoms in total. The molecular weight excluding hydrogens is 252 g/mol. The molecule has 0 radical (unpaired) electrons. The number of nitrogens with zero attached hydrogens (tertiary/aromatic N) is 1. The smallest absolute Gasteiger partial charge is 0.219 e. The molecule has 1 aromatic carbocycles. The van der Waals surface area contributed by atoms with Gasteiger partial charge in [0.2, 0.25) is 5.88 Å². The molecule has 0 saturated carbocycles. The number of nitrogens with one attached hydrogen (secondary N) is 1.